The Bertz CT molecular complexity index is 630. The maximum Gasteiger partial charge on any atom is 0.326 e. The van der Waals surface area contributed by atoms with E-state index >= 15 is 0 Å². The summed E-state index contributed by atoms with van der Waals surface area (Å²) in [6.45, 7) is 6.15. The quantitative estimate of drug-likeness (QED) is 0.790. The molecule has 0 spiro atoms. The summed E-state index contributed by atoms with van der Waals surface area (Å²) in [7, 11) is 0. The minimum absolute atomic E-state index is 0.0806. The van der Waals surface area contributed by atoms with Crippen molar-refractivity contribution in [2.75, 3.05) is 24.5 Å². The largest absolute Gasteiger partial charge is 0.459 e. The number of nitrogens with zero attached hydrogens (tertiary/aromatic N) is 4. The molecule has 1 aliphatic rings. The molecule has 7 nitrogen and oxygen atoms in total. The number of ether oxygens (including phenoxy) is 1. The summed E-state index contributed by atoms with van der Waals surface area (Å²) in [5.74, 6) is -0.435. The number of urea groups is 1. The maximum atomic E-state index is 12.3. The molecule has 0 radical (unpaired) electrons. The van der Waals surface area contributed by atoms with E-state index in [9.17, 15) is 9.59 Å². The fourth-order valence-corrected chi connectivity index (χ4v) is 2.15. The minimum atomic E-state index is -0.577. The van der Waals surface area contributed by atoms with Crippen molar-refractivity contribution in [1.29, 1.82) is 5.26 Å². The van der Waals surface area contributed by atoms with Crippen molar-refractivity contribution in [1.82, 2.24) is 9.88 Å². The fourth-order valence-electron chi connectivity index (χ4n) is 2.15. The Kier molecular flexibility index (Phi) is 4.31. The zero-order valence-electron chi connectivity index (χ0n) is 12.9. The van der Waals surface area contributed by atoms with E-state index in [0.717, 1.165) is 0 Å². The lowest BCUT2D eigenvalue weighted by atomic mass is 10.2. The van der Waals surface area contributed by atoms with Crippen LogP contribution in [0.5, 0.6) is 0 Å². The monoisotopic (exact) mass is 302 g/mol. The molecule has 0 aliphatic carbocycles. The van der Waals surface area contributed by atoms with Crippen LogP contribution in [-0.2, 0) is 9.53 Å². The number of esters is 1. The van der Waals surface area contributed by atoms with E-state index in [0.29, 0.717) is 18.8 Å². The van der Waals surface area contributed by atoms with Crippen molar-refractivity contribution in [3.05, 3.63) is 24.0 Å². The number of pyridine rings is 1. The molecule has 1 aromatic rings. The topological polar surface area (TPSA) is 86.5 Å². The minimum Gasteiger partial charge on any atom is -0.459 e. The SMILES string of the molecule is CC(C)(C)OC(=O)CN1CCN(c2ccnc(C#N)c2)C1=O. The Morgan fingerprint density at radius 3 is 2.82 bits per heavy atom. The molecule has 1 saturated heterocycles. The van der Waals surface area contributed by atoms with E-state index in [4.69, 9.17) is 10.00 Å². The van der Waals surface area contributed by atoms with Crippen molar-refractivity contribution in [3.63, 3.8) is 0 Å². The molecular formula is C15H18N4O3. The zero-order chi connectivity index (χ0) is 16.3. The van der Waals surface area contributed by atoms with Crippen LogP contribution in [0.15, 0.2) is 18.3 Å². The molecule has 22 heavy (non-hydrogen) atoms. The van der Waals surface area contributed by atoms with Crippen LogP contribution in [0.3, 0.4) is 0 Å². The number of anilines is 1. The first-order chi connectivity index (χ1) is 10.3. The zero-order valence-corrected chi connectivity index (χ0v) is 12.9. The molecule has 1 aliphatic heterocycles. The Morgan fingerprint density at radius 1 is 1.45 bits per heavy atom. The summed E-state index contributed by atoms with van der Waals surface area (Å²) < 4.78 is 5.22. The van der Waals surface area contributed by atoms with E-state index in [1.54, 1.807) is 32.9 Å². The lowest BCUT2D eigenvalue weighted by molar-refractivity contribution is -0.155. The van der Waals surface area contributed by atoms with E-state index < -0.39 is 11.6 Å². The third-order valence-electron chi connectivity index (χ3n) is 3.00. The number of hydrogen-bond donors (Lipinski definition) is 0. The fraction of sp³-hybridized carbons (Fsp3) is 0.467. The van der Waals surface area contributed by atoms with Gasteiger partial charge in [0.05, 0.1) is 0 Å². The van der Waals surface area contributed by atoms with Crippen LogP contribution >= 0.6 is 0 Å². The van der Waals surface area contributed by atoms with Crippen LogP contribution < -0.4 is 4.90 Å². The molecule has 2 heterocycles. The molecule has 2 amide bonds. The van der Waals surface area contributed by atoms with Gasteiger partial charge in [-0.15, -0.1) is 0 Å². The van der Waals surface area contributed by atoms with E-state index in [1.807, 2.05) is 6.07 Å². The van der Waals surface area contributed by atoms with Gasteiger partial charge in [-0.05, 0) is 32.9 Å². The summed E-state index contributed by atoms with van der Waals surface area (Å²) in [5, 5.41) is 8.86. The van der Waals surface area contributed by atoms with Gasteiger partial charge in [0, 0.05) is 25.0 Å². The van der Waals surface area contributed by atoms with E-state index in [2.05, 4.69) is 4.98 Å². The number of carbonyl (C=O) groups is 2. The Morgan fingerprint density at radius 2 is 2.18 bits per heavy atom. The molecule has 7 heteroatoms. The van der Waals surface area contributed by atoms with Crippen molar-refractivity contribution < 1.29 is 14.3 Å². The lowest BCUT2D eigenvalue weighted by Crippen LogP contribution is -2.38. The summed E-state index contributed by atoms with van der Waals surface area (Å²) in [6.07, 6.45) is 1.48. The molecule has 1 aromatic heterocycles. The molecule has 0 N–H and O–H groups in total. The predicted molar refractivity (Wildman–Crippen MR) is 79.1 cm³/mol. The maximum absolute atomic E-state index is 12.3. The van der Waals surface area contributed by atoms with Gasteiger partial charge in [0.25, 0.3) is 0 Å². The van der Waals surface area contributed by atoms with Gasteiger partial charge in [-0.2, -0.15) is 5.26 Å². The molecule has 0 atom stereocenters. The average molecular weight is 302 g/mol. The first-order valence-corrected chi connectivity index (χ1v) is 6.94. The molecular weight excluding hydrogens is 284 g/mol. The number of rotatable bonds is 3. The highest BCUT2D eigenvalue weighted by Gasteiger charge is 2.32. The lowest BCUT2D eigenvalue weighted by Gasteiger charge is -2.22. The predicted octanol–water partition coefficient (Wildman–Crippen LogP) is 1.54. The van der Waals surface area contributed by atoms with Crippen LogP contribution in [0, 0.1) is 11.3 Å². The number of hydrogen-bond acceptors (Lipinski definition) is 5. The molecule has 0 unspecified atom stereocenters. The van der Waals surface area contributed by atoms with Crippen molar-refractivity contribution in [2.45, 2.75) is 26.4 Å². The van der Waals surface area contributed by atoms with Gasteiger partial charge < -0.3 is 9.64 Å². The van der Waals surface area contributed by atoms with Crippen molar-refractivity contribution in [2.24, 2.45) is 0 Å². The van der Waals surface area contributed by atoms with Crippen molar-refractivity contribution in [3.8, 4) is 6.07 Å². The Labute approximate surface area is 129 Å². The highest BCUT2D eigenvalue weighted by atomic mass is 16.6. The van der Waals surface area contributed by atoms with Crippen LogP contribution in [-0.4, -0.2) is 47.1 Å². The van der Waals surface area contributed by atoms with Crippen molar-refractivity contribution >= 4 is 17.7 Å². The summed E-state index contributed by atoms with van der Waals surface area (Å²) in [6, 6.07) is 4.87. The highest BCUT2D eigenvalue weighted by molar-refractivity contribution is 5.96. The number of nitriles is 1. The second kappa shape index (κ2) is 6.02. The second-order valence-corrected chi connectivity index (χ2v) is 5.95. The van der Waals surface area contributed by atoms with Gasteiger partial charge in [0.1, 0.15) is 23.9 Å². The van der Waals surface area contributed by atoms with Crippen LogP contribution in [0.1, 0.15) is 26.5 Å². The third kappa shape index (κ3) is 3.73. The number of aromatic nitrogens is 1. The highest BCUT2D eigenvalue weighted by Crippen LogP contribution is 2.20. The Balaban J connectivity index is 2.04. The molecule has 0 aromatic carbocycles. The normalized spacial score (nSPS) is 14.9. The van der Waals surface area contributed by atoms with Gasteiger partial charge in [-0.25, -0.2) is 9.78 Å². The summed E-state index contributed by atoms with van der Waals surface area (Å²) in [4.78, 5) is 31.0. The van der Waals surface area contributed by atoms with Crippen LogP contribution in [0.25, 0.3) is 0 Å². The Hall–Kier alpha value is -2.62. The van der Waals surface area contributed by atoms with Gasteiger partial charge in [-0.1, -0.05) is 0 Å². The standard InChI is InChI=1S/C15H18N4O3/c1-15(2,3)22-13(20)10-18-6-7-19(14(18)21)12-4-5-17-11(8-12)9-16/h4-5,8H,6-7,10H2,1-3H3. The van der Waals surface area contributed by atoms with Gasteiger partial charge in [0.15, 0.2) is 0 Å². The molecule has 2 rings (SSSR count). The van der Waals surface area contributed by atoms with Crippen LogP contribution in [0.4, 0.5) is 10.5 Å². The first kappa shape index (κ1) is 15.8. The van der Waals surface area contributed by atoms with Gasteiger partial charge in [-0.3, -0.25) is 9.69 Å². The second-order valence-electron chi connectivity index (χ2n) is 5.95. The van der Waals surface area contributed by atoms with E-state index in [1.165, 1.54) is 16.0 Å². The summed E-state index contributed by atoms with van der Waals surface area (Å²) >= 11 is 0. The molecule has 0 saturated carbocycles. The smallest absolute Gasteiger partial charge is 0.326 e. The summed E-state index contributed by atoms with van der Waals surface area (Å²) in [5.41, 5.74) is 0.269. The first-order valence-electron chi connectivity index (χ1n) is 6.94. The average Bonchev–Trinajstić information content (AvgIpc) is 2.78. The molecule has 116 valence electrons. The number of carbonyl (C=O) groups excluding carboxylic acids is 2. The van der Waals surface area contributed by atoms with Gasteiger partial charge in [0.2, 0.25) is 0 Å². The van der Waals surface area contributed by atoms with Gasteiger partial charge >= 0.3 is 12.0 Å². The number of amides is 2. The molecule has 1 fully saturated rings. The third-order valence-corrected chi connectivity index (χ3v) is 3.00. The van der Waals surface area contributed by atoms with E-state index in [-0.39, 0.29) is 18.3 Å². The molecule has 0 bridgehead atoms. The van der Waals surface area contributed by atoms with Crippen LogP contribution in [0.2, 0.25) is 0 Å².